The van der Waals surface area contributed by atoms with Crippen LogP contribution in [0, 0.1) is 4.77 Å². The van der Waals surface area contributed by atoms with Crippen LogP contribution in [0.4, 0.5) is 0 Å². The lowest BCUT2D eigenvalue weighted by Gasteiger charge is -2.26. The van der Waals surface area contributed by atoms with Crippen molar-refractivity contribution in [2.24, 2.45) is 0 Å². The van der Waals surface area contributed by atoms with Gasteiger partial charge in [0, 0.05) is 13.1 Å². The Morgan fingerprint density at radius 2 is 1.84 bits per heavy atom. The lowest BCUT2D eigenvalue weighted by atomic mass is 10.2. The van der Waals surface area contributed by atoms with Gasteiger partial charge < -0.3 is 9.15 Å². The summed E-state index contributed by atoms with van der Waals surface area (Å²) in [7, 11) is 0. The molecule has 0 amide bonds. The van der Waals surface area contributed by atoms with Gasteiger partial charge in [0.25, 0.3) is 0 Å². The predicted octanol–water partition coefficient (Wildman–Crippen LogP) is 3.01. The number of nitrogens with zero attached hydrogens (tertiary/aromatic N) is 4. The third-order valence-electron chi connectivity index (χ3n) is 4.29. The summed E-state index contributed by atoms with van der Waals surface area (Å²) in [4.78, 5) is 2.30. The predicted molar refractivity (Wildman–Crippen MR) is 96.7 cm³/mol. The number of furan rings is 1. The second kappa shape index (κ2) is 7.35. The highest BCUT2D eigenvalue weighted by atomic mass is 32.1. The molecule has 3 heterocycles. The first kappa shape index (κ1) is 16.3. The van der Waals surface area contributed by atoms with Gasteiger partial charge in [-0.2, -0.15) is 0 Å². The fourth-order valence-corrected chi connectivity index (χ4v) is 3.21. The lowest BCUT2D eigenvalue weighted by Crippen LogP contribution is -2.37. The van der Waals surface area contributed by atoms with Crippen molar-refractivity contribution in [3.63, 3.8) is 0 Å². The fraction of sp³-hybridized carbons (Fsp3) is 0.333. The van der Waals surface area contributed by atoms with E-state index in [0.29, 0.717) is 18.0 Å². The lowest BCUT2D eigenvalue weighted by molar-refractivity contribution is 0.0209. The molecule has 130 valence electrons. The molecule has 0 aliphatic carbocycles. The van der Waals surface area contributed by atoms with E-state index in [9.17, 15) is 0 Å². The summed E-state index contributed by atoms with van der Waals surface area (Å²) in [6.07, 6.45) is 1.66. The van der Waals surface area contributed by atoms with E-state index in [4.69, 9.17) is 26.5 Å². The summed E-state index contributed by atoms with van der Waals surface area (Å²) in [6.45, 7) is 4.62. The molecule has 0 radical (unpaired) electrons. The van der Waals surface area contributed by atoms with Crippen molar-refractivity contribution in [3.05, 3.63) is 59.1 Å². The van der Waals surface area contributed by atoms with Crippen LogP contribution in [0.1, 0.15) is 5.56 Å². The molecule has 1 aliphatic rings. The summed E-state index contributed by atoms with van der Waals surface area (Å²) in [5, 5.41) is 4.74. The fourth-order valence-electron chi connectivity index (χ4n) is 2.96. The molecular weight excluding hydrogens is 336 g/mol. The Morgan fingerprint density at radius 3 is 2.56 bits per heavy atom. The first-order valence-electron chi connectivity index (χ1n) is 8.37. The first-order chi connectivity index (χ1) is 12.3. The number of ether oxygens (including phenoxy) is 1. The molecule has 7 heteroatoms. The number of benzene rings is 1. The Balaban J connectivity index is 1.69. The van der Waals surface area contributed by atoms with Crippen molar-refractivity contribution in [2.75, 3.05) is 26.3 Å². The summed E-state index contributed by atoms with van der Waals surface area (Å²) in [6, 6.07) is 14.0. The Hall–Kier alpha value is -2.22. The van der Waals surface area contributed by atoms with E-state index in [2.05, 4.69) is 17.0 Å². The average Bonchev–Trinajstić information content (AvgIpc) is 3.28. The molecule has 0 unspecified atom stereocenters. The van der Waals surface area contributed by atoms with Crippen molar-refractivity contribution >= 4 is 12.2 Å². The Bertz CT molecular complexity index is 864. The molecule has 0 bridgehead atoms. The van der Waals surface area contributed by atoms with Gasteiger partial charge in [-0.15, -0.1) is 5.10 Å². The van der Waals surface area contributed by atoms with Crippen LogP contribution in [0.2, 0.25) is 0 Å². The quantitative estimate of drug-likeness (QED) is 0.658. The van der Waals surface area contributed by atoms with E-state index < -0.39 is 0 Å². The van der Waals surface area contributed by atoms with Crippen LogP contribution >= 0.6 is 12.2 Å². The van der Waals surface area contributed by atoms with Crippen LogP contribution in [-0.2, 0) is 18.0 Å². The molecule has 1 aromatic carbocycles. The van der Waals surface area contributed by atoms with Crippen LogP contribution in [0.15, 0.2) is 53.1 Å². The van der Waals surface area contributed by atoms with Crippen molar-refractivity contribution in [1.82, 2.24) is 19.2 Å². The number of aromatic nitrogens is 3. The third-order valence-corrected chi connectivity index (χ3v) is 4.72. The van der Waals surface area contributed by atoms with Crippen LogP contribution in [0.5, 0.6) is 0 Å². The van der Waals surface area contributed by atoms with Crippen molar-refractivity contribution in [1.29, 1.82) is 0 Å². The smallest absolute Gasteiger partial charge is 0.199 e. The Kier molecular flexibility index (Phi) is 4.78. The largest absolute Gasteiger partial charge is 0.461 e. The van der Waals surface area contributed by atoms with Crippen molar-refractivity contribution in [2.45, 2.75) is 13.2 Å². The highest BCUT2D eigenvalue weighted by Gasteiger charge is 2.18. The molecule has 4 rings (SSSR count). The van der Waals surface area contributed by atoms with Gasteiger partial charge in [-0.25, -0.2) is 4.68 Å². The number of hydrogen-bond acceptors (Lipinski definition) is 5. The molecule has 0 saturated carbocycles. The molecule has 0 spiro atoms. The first-order valence-corrected chi connectivity index (χ1v) is 8.77. The molecule has 0 atom stereocenters. The number of hydrogen-bond donors (Lipinski definition) is 0. The van der Waals surface area contributed by atoms with Gasteiger partial charge in [-0.3, -0.25) is 9.47 Å². The van der Waals surface area contributed by atoms with E-state index in [1.54, 1.807) is 6.26 Å². The van der Waals surface area contributed by atoms with Crippen molar-refractivity contribution < 1.29 is 9.15 Å². The summed E-state index contributed by atoms with van der Waals surface area (Å²) < 4.78 is 15.6. The summed E-state index contributed by atoms with van der Waals surface area (Å²) in [5.74, 6) is 1.48. The summed E-state index contributed by atoms with van der Waals surface area (Å²) in [5.41, 5.74) is 1.18. The van der Waals surface area contributed by atoms with Gasteiger partial charge in [0.15, 0.2) is 16.4 Å². The molecule has 2 aromatic heterocycles. The second-order valence-electron chi connectivity index (χ2n) is 6.03. The topological polar surface area (TPSA) is 48.4 Å². The molecule has 6 nitrogen and oxygen atoms in total. The van der Waals surface area contributed by atoms with Gasteiger partial charge in [-0.1, -0.05) is 30.3 Å². The Labute approximate surface area is 151 Å². The van der Waals surface area contributed by atoms with Crippen LogP contribution in [0.3, 0.4) is 0 Å². The normalized spacial score (nSPS) is 15.5. The van der Waals surface area contributed by atoms with E-state index in [1.807, 2.05) is 39.6 Å². The van der Waals surface area contributed by atoms with Gasteiger partial charge in [0.2, 0.25) is 0 Å². The minimum absolute atomic E-state index is 0.664. The molecular formula is C18H20N4O2S. The maximum absolute atomic E-state index is 5.72. The molecule has 1 aliphatic heterocycles. The second-order valence-corrected chi connectivity index (χ2v) is 6.39. The van der Waals surface area contributed by atoms with E-state index in [0.717, 1.165) is 37.9 Å². The maximum Gasteiger partial charge on any atom is 0.199 e. The number of morpholine rings is 1. The zero-order valence-corrected chi connectivity index (χ0v) is 14.7. The van der Waals surface area contributed by atoms with E-state index in [1.165, 1.54) is 5.56 Å². The SMILES string of the molecule is S=c1n(CN2CCOCC2)nc(-c2ccco2)n1Cc1ccccc1. The molecule has 0 N–H and O–H groups in total. The van der Waals surface area contributed by atoms with Gasteiger partial charge >= 0.3 is 0 Å². The van der Waals surface area contributed by atoms with Gasteiger partial charge in [-0.05, 0) is 29.9 Å². The zero-order chi connectivity index (χ0) is 17.1. The standard InChI is InChI=1S/C18H20N4O2S/c25-18-21(13-15-5-2-1-3-6-15)17(16-7-4-10-24-16)19-22(18)14-20-8-11-23-12-9-20/h1-7,10H,8-9,11-14H2. The highest BCUT2D eigenvalue weighted by Crippen LogP contribution is 2.20. The summed E-state index contributed by atoms with van der Waals surface area (Å²) >= 11 is 5.72. The van der Waals surface area contributed by atoms with Crippen LogP contribution in [0.25, 0.3) is 11.6 Å². The average molecular weight is 356 g/mol. The zero-order valence-electron chi connectivity index (χ0n) is 13.9. The maximum atomic E-state index is 5.72. The molecule has 1 fully saturated rings. The highest BCUT2D eigenvalue weighted by molar-refractivity contribution is 7.71. The monoisotopic (exact) mass is 356 g/mol. The van der Waals surface area contributed by atoms with Crippen LogP contribution < -0.4 is 0 Å². The molecule has 25 heavy (non-hydrogen) atoms. The number of rotatable bonds is 5. The minimum atomic E-state index is 0.664. The molecule has 3 aromatic rings. The minimum Gasteiger partial charge on any atom is -0.461 e. The molecule has 1 saturated heterocycles. The Morgan fingerprint density at radius 1 is 1.04 bits per heavy atom. The third kappa shape index (κ3) is 3.58. The van der Waals surface area contributed by atoms with E-state index >= 15 is 0 Å². The van der Waals surface area contributed by atoms with Crippen LogP contribution in [-0.4, -0.2) is 45.6 Å². The van der Waals surface area contributed by atoms with Gasteiger partial charge in [0.1, 0.15) is 0 Å². The van der Waals surface area contributed by atoms with E-state index in [-0.39, 0.29) is 0 Å². The van der Waals surface area contributed by atoms with Crippen molar-refractivity contribution in [3.8, 4) is 11.6 Å². The van der Waals surface area contributed by atoms with Gasteiger partial charge in [0.05, 0.1) is 32.7 Å².